The number of hydrogen-bond donors (Lipinski definition) is 0. The van der Waals surface area contributed by atoms with Crippen molar-refractivity contribution in [3.05, 3.63) is 47.4 Å². The van der Waals surface area contributed by atoms with Crippen LogP contribution >= 0.6 is 0 Å². The molecule has 11 heteroatoms. The highest BCUT2D eigenvalue weighted by Crippen LogP contribution is 2.30. The normalized spacial score (nSPS) is 13.2. The van der Waals surface area contributed by atoms with Crippen LogP contribution in [0.3, 0.4) is 0 Å². The van der Waals surface area contributed by atoms with Gasteiger partial charge in [-0.3, -0.25) is 9.59 Å². The molecule has 212 valence electrons. The highest BCUT2D eigenvalue weighted by Gasteiger charge is 2.27. The van der Waals surface area contributed by atoms with Crippen LogP contribution in [-0.4, -0.2) is 64.2 Å². The summed E-state index contributed by atoms with van der Waals surface area (Å²) < 4.78 is 48.2. The predicted octanol–water partition coefficient (Wildman–Crippen LogP) is 5.34. The number of nitrogens with zero attached hydrogens (tertiary/aromatic N) is 5. The maximum absolute atomic E-state index is 14.1. The van der Waals surface area contributed by atoms with Crippen molar-refractivity contribution < 1.29 is 27.5 Å². The van der Waals surface area contributed by atoms with E-state index in [1.165, 1.54) is 22.6 Å². The Bertz CT molecular complexity index is 1330. The van der Waals surface area contributed by atoms with Gasteiger partial charge in [0.1, 0.15) is 5.82 Å². The maximum Gasteiger partial charge on any atom is 0.307 e. The molecule has 0 saturated carbocycles. The lowest BCUT2D eigenvalue weighted by molar-refractivity contribution is -0.141. The van der Waals surface area contributed by atoms with Crippen molar-refractivity contribution in [2.45, 2.75) is 60.0 Å². The van der Waals surface area contributed by atoms with E-state index >= 15 is 0 Å². The van der Waals surface area contributed by atoms with Gasteiger partial charge in [0, 0.05) is 43.4 Å². The van der Waals surface area contributed by atoms with Crippen molar-refractivity contribution in [1.29, 1.82) is 0 Å². The molecular weight excluding hydrogens is 511 g/mol. The lowest BCUT2D eigenvalue weighted by atomic mass is 10.0. The minimum absolute atomic E-state index is 0.00945. The van der Waals surface area contributed by atoms with E-state index in [9.17, 15) is 22.8 Å². The number of benzene rings is 1. The summed E-state index contributed by atoms with van der Waals surface area (Å²) in [6.45, 7) is 12.7. The van der Waals surface area contributed by atoms with Crippen LogP contribution in [0.25, 0.3) is 16.9 Å². The molecule has 0 aliphatic heterocycles. The fourth-order valence-corrected chi connectivity index (χ4v) is 4.18. The van der Waals surface area contributed by atoms with Crippen molar-refractivity contribution in [2.24, 2.45) is 11.8 Å². The van der Waals surface area contributed by atoms with Gasteiger partial charge in [-0.2, -0.15) is 9.61 Å². The highest BCUT2D eigenvalue weighted by atomic mass is 19.2. The van der Waals surface area contributed by atoms with Crippen LogP contribution < -0.4 is 4.90 Å². The first-order valence-corrected chi connectivity index (χ1v) is 12.9. The molecule has 3 rings (SSSR count). The molecule has 3 aromatic rings. The van der Waals surface area contributed by atoms with Gasteiger partial charge in [0.2, 0.25) is 0 Å². The van der Waals surface area contributed by atoms with E-state index in [2.05, 4.69) is 49.6 Å². The van der Waals surface area contributed by atoms with Crippen LogP contribution in [0.15, 0.2) is 24.3 Å². The Morgan fingerprint density at radius 1 is 1.00 bits per heavy atom. The zero-order valence-electron chi connectivity index (χ0n) is 23.6. The van der Waals surface area contributed by atoms with Crippen LogP contribution in [-0.2, 0) is 9.53 Å². The van der Waals surface area contributed by atoms with E-state index < -0.39 is 35.4 Å². The number of ether oxygens (including phenoxy) is 1. The number of methoxy groups -OCH3 is 1. The van der Waals surface area contributed by atoms with E-state index in [4.69, 9.17) is 4.74 Å². The summed E-state index contributed by atoms with van der Waals surface area (Å²) in [5, 5.41) is 4.57. The SMILES string of the molecule is COC(=O)CC(C)N(C)C(=O)c1cc2nc(-c3cc(F)c(F)c(F)c3)cc(N(CC(C)C)C(C)C(C)C)n2n1. The lowest BCUT2D eigenvalue weighted by Gasteiger charge is -2.35. The minimum atomic E-state index is -1.56. The average Bonchev–Trinajstić information content (AvgIpc) is 3.32. The smallest absolute Gasteiger partial charge is 0.307 e. The molecule has 0 bridgehead atoms. The Kier molecular flexibility index (Phi) is 9.24. The molecule has 8 nitrogen and oxygen atoms in total. The number of fused-ring (bicyclic) bond motifs is 1. The quantitative estimate of drug-likeness (QED) is 0.252. The van der Waals surface area contributed by atoms with E-state index in [-0.39, 0.29) is 46.9 Å². The van der Waals surface area contributed by atoms with Gasteiger partial charge in [-0.15, -0.1) is 0 Å². The van der Waals surface area contributed by atoms with Crippen molar-refractivity contribution in [1.82, 2.24) is 19.5 Å². The third-order valence-corrected chi connectivity index (χ3v) is 6.89. The van der Waals surface area contributed by atoms with Gasteiger partial charge in [-0.25, -0.2) is 18.2 Å². The fraction of sp³-hybridized carbons (Fsp3) is 0.500. The third kappa shape index (κ3) is 6.51. The molecule has 0 aliphatic carbocycles. The van der Waals surface area contributed by atoms with E-state index in [0.29, 0.717) is 12.4 Å². The Morgan fingerprint density at radius 3 is 2.15 bits per heavy atom. The van der Waals surface area contributed by atoms with E-state index in [1.54, 1.807) is 20.0 Å². The van der Waals surface area contributed by atoms with Gasteiger partial charge < -0.3 is 14.5 Å². The molecule has 2 aromatic heterocycles. The van der Waals surface area contributed by atoms with Crippen molar-refractivity contribution in [3.8, 4) is 11.3 Å². The van der Waals surface area contributed by atoms with E-state index in [0.717, 1.165) is 12.1 Å². The number of carbonyl (C=O) groups excluding carboxylic acids is 2. The maximum atomic E-state index is 14.1. The van der Waals surface area contributed by atoms with Crippen molar-refractivity contribution >= 4 is 23.3 Å². The summed E-state index contributed by atoms with van der Waals surface area (Å²) in [5.74, 6) is -4.04. The van der Waals surface area contributed by atoms with Crippen LogP contribution in [0.2, 0.25) is 0 Å². The van der Waals surface area contributed by atoms with Crippen LogP contribution in [0.5, 0.6) is 0 Å². The Morgan fingerprint density at radius 2 is 1.62 bits per heavy atom. The second-order valence-corrected chi connectivity index (χ2v) is 10.6. The molecule has 2 heterocycles. The molecule has 2 atom stereocenters. The molecule has 0 aliphatic rings. The molecule has 0 saturated heterocycles. The molecule has 2 unspecified atom stereocenters. The number of hydrogen-bond acceptors (Lipinski definition) is 6. The van der Waals surface area contributed by atoms with Crippen molar-refractivity contribution in [2.75, 3.05) is 25.6 Å². The molecule has 0 radical (unpaired) electrons. The number of carbonyl (C=O) groups is 2. The summed E-state index contributed by atoms with van der Waals surface area (Å²) in [4.78, 5) is 33.1. The summed E-state index contributed by atoms with van der Waals surface area (Å²) in [7, 11) is 2.85. The van der Waals surface area contributed by atoms with Gasteiger partial charge in [0.05, 0.1) is 19.2 Å². The summed E-state index contributed by atoms with van der Waals surface area (Å²) in [6, 6.07) is 4.49. The molecule has 39 heavy (non-hydrogen) atoms. The van der Waals surface area contributed by atoms with Gasteiger partial charge in [0.15, 0.2) is 28.8 Å². The number of amides is 1. The van der Waals surface area contributed by atoms with Crippen LogP contribution in [0, 0.1) is 29.3 Å². The number of aromatic nitrogens is 3. The van der Waals surface area contributed by atoms with Gasteiger partial charge in [-0.05, 0) is 37.8 Å². The lowest BCUT2D eigenvalue weighted by Crippen LogP contribution is -2.40. The Hall–Kier alpha value is -3.63. The largest absolute Gasteiger partial charge is 0.469 e. The number of halogens is 3. The number of rotatable bonds is 10. The van der Waals surface area contributed by atoms with Gasteiger partial charge in [0.25, 0.3) is 5.91 Å². The molecule has 0 fully saturated rings. The zero-order chi connectivity index (χ0) is 29.2. The molecule has 1 amide bonds. The predicted molar refractivity (Wildman–Crippen MR) is 143 cm³/mol. The topological polar surface area (TPSA) is 80.0 Å². The standard InChI is InChI=1S/C28H36F3N5O3/c1-15(2)14-35(18(6)16(3)4)25-13-22(19-10-20(29)27(31)21(30)11-19)32-24-12-23(33-36(24)25)28(38)34(7)17(5)9-26(37)39-8/h10-13,15-18H,9,14H2,1-8H3. The van der Waals surface area contributed by atoms with Gasteiger partial charge in [-0.1, -0.05) is 27.7 Å². The first-order chi connectivity index (χ1) is 18.2. The van der Waals surface area contributed by atoms with Crippen LogP contribution in [0.1, 0.15) is 58.5 Å². The number of anilines is 1. The minimum Gasteiger partial charge on any atom is -0.469 e. The molecule has 1 aromatic carbocycles. The first-order valence-electron chi connectivity index (χ1n) is 12.9. The molecule has 0 spiro atoms. The summed E-state index contributed by atoms with van der Waals surface area (Å²) in [6.07, 6.45) is 0.00945. The first kappa shape index (κ1) is 29.9. The summed E-state index contributed by atoms with van der Waals surface area (Å²) in [5.41, 5.74) is 0.606. The monoisotopic (exact) mass is 547 g/mol. The Balaban J connectivity index is 2.22. The van der Waals surface area contributed by atoms with E-state index in [1.807, 2.05) is 0 Å². The second kappa shape index (κ2) is 12.0. The molecular formula is C28H36F3N5O3. The summed E-state index contributed by atoms with van der Waals surface area (Å²) >= 11 is 0. The zero-order valence-corrected chi connectivity index (χ0v) is 23.6. The third-order valence-electron chi connectivity index (χ3n) is 6.89. The van der Waals surface area contributed by atoms with Gasteiger partial charge >= 0.3 is 5.97 Å². The fourth-order valence-electron chi connectivity index (χ4n) is 4.18. The number of esters is 1. The Labute approximate surface area is 226 Å². The second-order valence-electron chi connectivity index (χ2n) is 10.6. The highest BCUT2D eigenvalue weighted by molar-refractivity contribution is 5.94. The van der Waals surface area contributed by atoms with Crippen molar-refractivity contribution in [3.63, 3.8) is 0 Å². The van der Waals surface area contributed by atoms with Crippen LogP contribution in [0.4, 0.5) is 19.0 Å². The average molecular weight is 548 g/mol. The molecule has 0 N–H and O–H groups in total.